The first-order valence-electron chi connectivity index (χ1n) is 5.22. The van der Waals surface area contributed by atoms with E-state index in [9.17, 15) is 15.2 Å². The average Bonchev–Trinajstić information content (AvgIpc) is 2.28. The summed E-state index contributed by atoms with van der Waals surface area (Å²) in [7, 11) is 0. The van der Waals surface area contributed by atoms with Crippen molar-refractivity contribution in [3.63, 3.8) is 0 Å². The lowest BCUT2D eigenvalue weighted by molar-refractivity contribution is -0.385. The molecular formula is C11H16N2O3. The molecule has 2 unspecified atom stereocenters. The molecule has 3 N–H and O–H groups in total. The smallest absolute Gasteiger partial charge is 0.269 e. The molecule has 16 heavy (non-hydrogen) atoms. The van der Waals surface area contributed by atoms with Crippen LogP contribution in [0.1, 0.15) is 31.4 Å². The zero-order valence-electron chi connectivity index (χ0n) is 9.17. The first-order chi connectivity index (χ1) is 7.54. The van der Waals surface area contributed by atoms with Crippen LogP contribution < -0.4 is 5.73 Å². The Labute approximate surface area is 94.0 Å². The van der Waals surface area contributed by atoms with E-state index in [4.69, 9.17) is 5.73 Å². The summed E-state index contributed by atoms with van der Waals surface area (Å²) >= 11 is 0. The molecule has 0 aromatic heterocycles. The quantitative estimate of drug-likeness (QED) is 0.589. The van der Waals surface area contributed by atoms with E-state index in [1.165, 1.54) is 12.1 Å². The second kappa shape index (κ2) is 5.58. The van der Waals surface area contributed by atoms with Gasteiger partial charge in [-0.2, -0.15) is 0 Å². The maximum absolute atomic E-state index is 10.6. The lowest BCUT2D eigenvalue weighted by Crippen LogP contribution is -2.21. The first kappa shape index (κ1) is 12.6. The van der Waals surface area contributed by atoms with Crippen molar-refractivity contribution in [1.82, 2.24) is 0 Å². The molecule has 1 rings (SSSR count). The van der Waals surface area contributed by atoms with Crippen molar-refractivity contribution in [2.24, 2.45) is 5.73 Å². The number of nitro groups is 1. The molecule has 0 saturated carbocycles. The zero-order valence-corrected chi connectivity index (χ0v) is 9.17. The van der Waals surface area contributed by atoms with Crippen LogP contribution in [-0.2, 0) is 0 Å². The summed E-state index contributed by atoms with van der Waals surface area (Å²) in [6.45, 7) is 1.94. The number of aliphatic hydroxyl groups excluding tert-OH is 1. The third-order valence-electron chi connectivity index (χ3n) is 2.52. The fraction of sp³-hybridized carbons (Fsp3) is 0.455. The molecule has 1 aromatic rings. The number of rotatable bonds is 5. The Morgan fingerprint density at radius 1 is 1.56 bits per heavy atom. The second-order valence-corrected chi connectivity index (χ2v) is 3.77. The van der Waals surface area contributed by atoms with E-state index in [2.05, 4.69) is 0 Å². The van der Waals surface area contributed by atoms with E-state index in [1.54, 1.807) is 12.1 Å². The predicted octanol–water partition coefficient (Wildman–Crippen LogP) is 1.76. The van der Waals surface area contributed by atoms with Gasteiger partial charge in [0.05, 0.1) is 11.0 Å². The van der Waals surface area contributed by atoms with Gasteiger partial charge in [0.1, 0.15) is 0 Å². The van der Waals surface area contributed by atoms with Gasteiger partial charge in [0.2, 0.25) is 0 Å². The molecule has 0 amide bonds. The SMILES string of the molecule is CCC(N)CC(O)c1cccc([N+](=O)[O-])c1. The van der Waals surface area contributed by atoms with Gasteiger partial charge in [-0.25, -0.2) is 0 Å². The van der Waals surface area contributed by atoms with Gasteiger partial charge in [-0.3, -0.25) is 10.1 Å². The fourth-order valence-electron chi connectivity index (χ4n) is 1.44. The largest absolute Gasteiger partial charge is 0.388 e. The molecule has 0 spiro atoms. The molecule has 88 valence electrons. The summed E-state index contributed by atoms with van der Waals surface area (Å²) in [4.78, 5) is 10.1. The van der Waals surface area contributed by atoms with Crippen LogP contribution in [0.3, 0.4) is 0 Å². The summed E-state index contributed by atoms with van der Waals surface area (Å²) in [6.07, 6.45) is 0.443. The molecule has 0 saturated heterocycles. The van der Waals surface area contributed by atoms with Crippen LogP contribution in [0.5, 0.6) is 0 Å². The van der Waals surface area contributed by atoms with Gasteiger partial charge >= 0.3 is 0 Å². The van der Waals surface area contributed by atoms with E-state index < -0.39 is 11.0 Å². The Morgan fingerprint density at radius 2 is 2.25 bits per heavy atom. The maximum atomic E-state index is 10.6. The summed E-state index contributed by atoms with van der Waals surface area (Å²) in [6, 6.07) is 5.92. The van der Waals surface area contributed by atoms with Crippen molar-refractivity contribution in [2.75, 3.05) is 0 Å². The monoisotopic (exact) mass is 224 g/mol. The van der Waals surface area contributed by atoms with Crippen molar-refractivity contribution in [2.45, 2.75) is 31.9 Å². The minimum atomic E-state index is -0.741. The first-order valence-corrected chi connectivity index (χ1v) is 5.22. The highest BCUT2D eigenvalue weighted by molar-refractivity contribution is 5.35. The van der Waals surface area contributed by atoms with Crippen molar-refractivity contribution in [3.8, 4) is 0 Å². The second-order valence-electron chi connectivity index (χ2n) is 3.77. The van der Waals surface area contributed by atoms with Gasteiger partial charge in [-0.05, 0) is 18.4 Å². The highest BCUT2D eigenvalue weighted by Crippen LogP contribution is 2.22. The van der Waals surface area contributed by atoms with Crippen LogP contribution in [-0.4, -0.2) is 16.1 Å². The van der Waals surface area contributed by atoms with E-state index in [0.29, 0.717) is 12.0 Å². The van der Waals surface area contributed by atoms with Gasteiger partial charge < -0.3 is 10.8 Å². The van der Waals surface area contributed by atoms with E-state index >= 15 is 0 Å². The number of nitro benzene ring substituents is 1. The molecular weight excluding hydrogens is 208 g/mol. The molecule has 2 atom stereocenters. The average molecular weight is 224 g/mol. The third-order valence-corrected chi connectivity index (χ3v) is 2.52. The molecule has 0 fully saturated rings. The highest BCUT2D eigenvalue weighted by Gasteiger charge is 2.14. The summed E-state index contributed by atoms with van der Waals surface area (Å²) in [5.41, 5.74) is 6.24. The molecule has 0 heterocycles. The molecule has 0 radical (unpaired) electrons. The normalized spacial score (nSPS) is 14.4. The van der Waals surface area contributed by atoms with E-state index in [-0.39, 0.29) is 11.7 Å². The summed E-state index contributed by atoms with van der Waals surface area (Å²) in [5, 5.41) is 20.4. The molecule has 0 aliphatic heterocycles. The lowest BCUT2D eigenvalue weighted by atomic mass is 10.0. The van der Waals surface area contributed by atoms with Gasteiger partial charge in [-0.15, -0.1) is 0 Å². The van der Waals surface area contributed by atoms with Crippen molar-refractivity contribution in [1.29, 1.82) is 0 Å². The number of non-ortho nitro benzene ring substituents is 1. The third kappa shape index (κ3) is 3.29. The number of nitrogens with two attached hydrogens (primary N) is 1. The predicted molar refractivity (Wildman–Crippen MR) is 60.9 cm³/mol. The molecule has 0 aliphatic carbocycles. The van der Waals surface area contributed by atoms with Gasteiger partial charge in [0.25, 0.3) is 5.69 Å². The van der Waals surface area contributed by atoms with Crippen molar-refractivity contribution < 1.29 is 10.0 Å². The highest BCUT2D eigenvalue weighted by atomic mass is 16.6. The minimum absolute atomic E-state index is 0.0124. The number of hydrogen-bond donors (Lipinski definition) is 2. The summed E-state index contributed by atoms with van der Waals surface area (Å²) in [5.74, 6) is 0. The Bertz CT molecular complexity index is 368. The Kier molecular flexibility index (Phi) is 4.39. The number of aliphatic hydroxyl groups is 1. The Morgan fingerprint density at radius 3 is 2.81 bits per heavy atom. The van der Waals surface area contributed by atoms with E-state index in [0.717, 1.165) is 6.42 Å². The van der Waals surface area contributed by atoms with Crippen LogP contribution in [0.4, 0.5) is 5.69 Å². The number of hydrogen-bond acceptors (Lipinski definition) is 4. The van der Waals surface area contributed by atoms with Crippen molar-refractivity contribution >= 4 is 5.69 Å². The lowest BCUT2D eigenvalue weighted by Gasteiger charge is -2.14. The topological polar surface area (TPSA) is 89.4 Å². The van der Waals surface area contributed by atoms with Crippen LogP contribution in [0.25, 0.3) is 0 Å². The standard InChI is InChI=1S/C11H16N2O3/c1-2-9(12)7-11(14)8-4-3-5-10(6-8)13(15)16/h3-6,9,11,14H,2,7,12H2,1H3. The molecule has 0 aliphatic rings. The number of benzene rings is 1. The van der Waals surface area contributed by atoms with Gasteiger partial charge in [0, 0.05) is 18.2 Å². The Hall–Kier alpha value is -1.46. The molecule has 5 nitrogen and oxygen atoms in total. The maximum Gasteiger partial charge on any atom is 0.269 e. The van der Waals surface area contributed by atoms with Crippen LogP contribution in [0, 0.1) is 10.1 Å². The fourth-order valence-corrected chi connectivity index (χ4v) is 1.44. The van der Waals surface area contributed by atoms with Gasteiger partial charge in [0.15, 0.2) is 0 Å². The van der Waals surface area contributed by atoms with Crippen molar-refractivity contribution in [3.05, 3.63) is 39.9 Å². The molecule has 0 bridgehead atoms. The Balaban J connectivity index is 2.79. The minimum Gasteiger partial charge on any atom is -0.388 e. The zero-order chi connectivity index (χ0) is 12.1. The molecule has 1 aromatic carbocycles. The number of nitrogens with zero attached hydrogens (tertiary/aromatic N) is 1. The van der Waals surface area contributed by atoms with E-state index in [1.807, 2.05) is 6.92 Å². The van der Waals surface area contributed by atoms with Crippen LogP contribution in [0.2, 0.25) is 0 Å². The van der Waals surface area contributed by atoms with Crippen LogP contribution >= 0.6 is 0 Å². The van der Waals surface area contributed by atoms with Crippen LogP contribution in [0.15, 0.2) is 24.3 Å². The molecule has 5 heteroatoms. The van der Waals surface area contributed by atoms with Gasteiger partial charge in [-0.1, -0.05) is 19.1 Å². The summed E-state index contributed by atoms with van der Waals surface area (Å²) < 4.78 is 0.